The summed E-state index contributed by atoms with van der Waals surface area (Å²) in [5.41, 5.74) is 0.501. The molecule has 4 nitrogen and oxygen atoms in total. The number of pyridine rings is 1. The molecule has 2 N–H and O–H groups in total. The summed E-state index contributed by atoms with van der Waals surface area (Å²) >= 11 is 0. The van der Waals surface area contributed by atoms with E-state index in [1.54, 1.807) is 0 Å². The van der Waals surface area contributed by atoms with Gasteiger partial charge in [-0.15, -0.1) is 0 Å². The number of carbonyl (C=O) groups is 1. The molecule has 0 aromatic carbocycles. The van der Waals surface area contributed by atoms with E-state index in [1.165, 1.54) is 6.07 Å². The van der Waals surface area contributed by atoms with Gasteiger partial charge in [0.1, 0.15) is 11.6 Å². The standard InChI is InChI=1S/C15H22FN3O/c1-4-17-13-12(7-11(16)8-18-13)14(20)19-9-15(5-6-15)10(2)3/h7-8,10H,4-6,9H2,1-3H3,(H,17,18)(H,19,20). The highest BCUT2D eigenvalue weighted by Crippen LogP contribution is 2.51. The molecule has 0 atom stereocenters. The number of carbonyl (C=O) groups excluding carboxylic acids is 1. The van der Waals surface area contributed by atoms with Crippen LogP contribution >= 0.6 is 0 Å². The lowest BCUT2D eigenvalue weighted by molar-refractivity contribution is 0.0940. The van der Waals surface area contributed by atoms with E-state index in [4.69, 9.17) is 0 Å². The van der Waals surface area contributed by atoms with Crippen LogP contribution in [0.3, 0.4) is 0 Å². The van der Waals surface area contributed by atoms with Gasteiger partial charge in [0, 0.05) is 13.1 Å². The van der Waals surface area contributed by atoms with Crippen LogP contribution in [0.5, 0.6) is 0 Å². The Hall–Kier alpha value is -1.65. The molecule has 2 rings (SSSR count). The highest BCUT2D eigenvalue weighted by molar-refractivity contribution is 5.98. The molecule has 20 heavy (non-hydrogen) atoms. The van der Waals surface area contributed by atoms with Crippen molar-refractivity contribution in [2.24, 2.45) is 11.3 Å². The Labute approximate surface area is 119 Å². The minimum absolute atomic E-state index is 0.231. The quantitative estimate of drug-likeness (QED) is 0.842. The molecular weight excluding hydrogens is 257 g/mol. The van der Waals surface area contributed by atoms with Crippen LogP contribution in [0.1, 0.15) is 44.0 Å². The molecule has 0 saturated heterocycles. The fraction of sp³-hybridized carbons (Fsp3) is 0.600. The Bertz CT molecular complexity index is 498. The topological polar surface area (TPSA) is 54.0 Å². The molecule has 1 heterocycles. The van der Waals surface area contributed by atoms with Crippen molar-refractivity contribution in [1.29, 1.82) is 0 Å². The summed E-state index contributed by atoms with van der Waals surface area (Å²) in [6.45, 7) is 7.53. The summed E-state index contributed by atoms with van der Waals surface area (Å²) in [4.78, 5) is 16.2. The Morgan fingerprint density at radius 1 is 1.50 bits per heavy atom. The number of halogens is 1. The second-order valence-electron chi connectivity index (χ2n) is 5.78. The fourth-order valence-electron chi connectivity index (χ4n) is 2.39. The molecule has 5 heteroatoms. The average Bonchev–Trinajstić information content (AvgIpc) is 3.19. The maximum absolute atomic E-state index is 13.3. The van der Waals surface area contributed by atoms with Crippen LogP contribution in [0.25, 0.3) is 0 Å². The minimum Gasteiger partial charge on any atom is -0.370 e. The molecule has 0 radical (unpaired) electrons. The number of hydrogen-bond donors (Lipinski definition) is 2. The van der Waals surface area contributed by atoms with Gasteiger partial charge in [-0.25, -0.2) is 9.37 Å². The SMILES string of the molecule is CCNc1ncc(F)cc1C(=O)NCC1(C(C)C)CC1. The Balaban J connectivity index is 2.07. The number of amides is 1. The van der Waals surface area contributed by atoms with Crippen molar-refractivity contribution in [2.45, 2.75) is 33.6 Å². The number of nitrogens with one attached hydrogen (secondary N) is 2. The fourth-order valence-corrected chi connectivity index (χ4v) is 2.39. The van der Waals surface area contributed by atoms with Gasteiger partial charge in [-0.05, 0) is 37.2 Å². The van der Waals surface area contributed by atoms with Gasteiger partial charge >= 0.3 is 0 Å². The van der Waals surface area contributed by atoms with E-state index < -0.39 is 5.82 Å². The normalized spacial score (nSPS) is 16.1. The van der Waals surface area contributed by atoms with Crippen LogP contribution in [0.2, 0.25) is 0 Å². The summed E-state index contributed by atoms with van der Waals surface area (Å²) in [6, 6.07) is 1.23. The molecule has 1 amide bonds. The highest BCUT2D eigenvalue weighted by Gasteiger charge is 2.45. The molecule has 0 spiro atoms. The maximum atomic E-state index is 13.3. The Morgan fingerprint density at radius 3 is 2.75 bits per heavy atom. The minimum atomic E-state index is -0.498. The first kappa shape index (κ1) is 14.8. The predicted octanol–water partition coefficient (Wildman–Crippen LogP) is 2.82. The first-order valence-electron chi connectivity index (χ1n) is 7.16. The van der Waals surface area contributed by atoms with Crippen molar-refractivity contribution in [3.05, 3.63) is 23.6 Å². The van der Waals surface area contributed by atoms with Crippen LogP contribution < -0.4 is 10.6 Å². The molecule has 0 aliphatic heterocycles. The van der Waals surface area contributed by atoms with Crippen molar-refractivity contribution < 1.29 is 9.18 Å². The monoisotopic (exact) mass is 279 g/mol. The Morgan fingerprint density at radius 2 is 2.20 bits per heavy atom. The van der Waals surface area contributed by atoms with Crippen LogP contribution in [0.15, 0.2) is 12.3 Å². The van der Waals surface area contributed by atoms with Gasteiger partial charge in [0.2, 0.25) is 0 Å². The van der Waals surface area contributed by atoms with Crippen molar-refractivity contribution in [2.75, 3.05) is 18.4 Å². The van der Waals surface area contributed by atoms with Crippen LogP contribution in [0.4, 0.5) is 10.2 Å². The third-order valence-corrected chi connectivity index (χ3v) is 4.16. The van der Waals surface area contributed by atoms with E-state index in [0.717, 1.165) is 19.0 Å². The van der Waals surface area contributed by atoms with Gasteiger partial charge in [0.25, 0.3) is 5.91 Å². The largest absolute Gasteiger partial charge is 0.370 e. The number of hydrogen-bond acceptors (Lipinski definition) is 3. The van der Waals surface area contributed by atoms with Gasteiger partial charge in [0.15, 0.2) is 0 Å². The molecule has 1 aliphatic carbocycles. The van der Waals surface area contributed by atoms with Crippen molar-refractivity contribution in [3.63, 3.8) is 0 Å². The van der Waals surface area contributed by atoms with Crippen molar-refractivity contribution in [3.8, 4) is 0 Å². The van der Waals surface area contributed by atoms with Crippen molar-refractivity contribution in [1.82, 2.24) is 10.3 Å². The molecule has 1 aromatic rings. The molecule has 0 unspecified atom stereocenters. The van der Waals surface area contributed by atoms with Gasteiger partial charge in [-0.3, -0.25) is 4.79 Å². The van der Waals surface area contributed by atoms with Gasteiger partial charge in [0.05, 0.1) is 11.8 Å². The lowest BCUT2D eigenvalue weighted by Crippen LogP contribution is -2.33. The van der Waals surface area contributed by atoms with Gasteiger partial charge < -0.3 is 10.6 Å². The Kier molecular flexibility index (Phi) is 4.26. The summed E-state index contributed by atoms with van der Waals surface area (Å²) in [7, 11) is 0. The second-order valence-corrected chi connectivity index (χ2v) is 5.78. The third-order valence-electron chi connectivity index (χ3n) is 4.16. The zero-order valence-corrected chi connectivity index (χ0v) is 12.3. The predicted molar refractivity (Wildman–Crippen MR) is 77.2 cm³/mol. The smallest absolute Gasteiger partial charge is 0.255 e. The number of aromatic nitrogens is 1. The zero-order chi connectivity index (χ0) is 14.8. The van der Waals surface area contributed by atoms with E-state index in [1.807, 2.05) is 6.92 Å². The number of nitrogens with zero attached hydrogens (tertiary/aromatic N) is 1. The molecule has 1 aromatic heterocycles. The van der Waals surface area contributed by atoms with E-state index in [2.05, 4.69) is 29.5 Å². The molecule has 1 aliphatic rings. The summed E-state index contributed by atoms with van der Waals surface area (Å²) in [6.07, 6.45) is 3.41. The number of rotatable bonds is 6. The van der Waals surface area contributed by atoms with Crippen LogP contribution in [-0.2, 0) is 0 Å². The molecular formula is C15H22FN3O. The van der Waals surface area contributed by atoms with E-state index in [0.29, 0.717) is 24.8 Å². The van der Waals surface area contributed by atoms with Gasteiger partial charge in [-0.2, -0.15) is 0 Å². The highest BCUT2D eigenvalue weighted by atomic mass is 19.1. The lowest BCUT2D eigenvalue weighted by atomic mass is 9.92. The van der Waals surface area contributed by atoms with E-state index in [9.17, 15) is 9.18 Å². The van der Waals surface area contributed by atoms with Crippen LogP contribution in [-0.4, -0.2) is 24.0 Å². The number of anilines is 1. The lowest BCUT2D eigenvalue weighted by Gasteiger charge is -2.20. The van der Waals surface area contributed by atoms with Crippen molar-refractivity contribution >= 4 is 11.7 Å². The summed E-state index contributed by atoms with van der Waals surface area (Å²) in [5, 5.41) is 5.90. The second kappa shape index (κ2) is 5.77. The summed E-state index contributed by atoms with van der Waals surface area (Å²) in [5.74, 6) is 0.212. The average molecular weight is 279 g/mol. The summed E-state index contributed by atoms with van der Waals surface area (Å²) < 4.78 is 13.3. The first-order valence-corrected chi connectivity index (χ1v) is 7.16. The molecule has 110 valence electrons. The van der Waals surface area contributed by atoms with E-state index >= 15 is 0 Å². The van der Waals surface area contributed by atoms with Gasteiger partial charge in [-0.1, -0.05) is 13.8 Å². The first-order chi connectivity index (χ1) is 9.48. The molecule has 0 bridgehead atoms. The van der Waals surface area contributed by atoms with Crippen LogP contribution in [0, 0.1) is 17.2 Å². The maximum Gasteiger partial charge on any atom is 0.255 e. The zero-order valence-electron chi connectivity index (χ0n) is 12.3. The van der Waals surface area contributed by atoms with E-state index in [-0.39, 0.29) is 16.9 Å². The molecule has 1 fully saturated rings. The third kappa shape index (κ3) is 3.08. The molecule has 1 saturated carbocycles.